The van der Waals surface area contributed by atoms with Crippen molar-refractivity contribution in [2.24, 2.45) is 5.92 Å². The van der Waals surface area contributed by atoms with E-state index < -0.39 is 47.9 Å². The molecule has 1 N–H and O–H groups in total. The molecular weight excluding hydrogens is 652 g/mol. The molecule has 11 nitrogen and oxygen atoms in total. The van der Waals surface area contributed by atoms with Crippen molar-refractivity contribution < 1.29 is 42.9 Å². The number of rotatable bonds is 15. The molecular formula is C40H38N2O9. The smallest absolute Gasteiger partial charge is 0.317 e. The molecule has 0 aliphatic carbocycles. The van der Waals surface area contributed by atoms with Crippen molar-refractivity contribution in [2.45, 2.75) is 51.6 Å². The van der Waals surface area contributed by atoms with Gasteiger partial charge in [-0.25, -0.2) is 4.98 Å². The molecule has 1 aromatic heterocycles. The van der Waals surface area contributed by atoms with Crippen molar-refractivity contribution in [1.82, 2.24) is 9.88 Å². The van der Waals surface area contributed by atoms with Gasteiger partial charge in [-0.3, -0.25) is 19.2 Å². The highest BCUT2D eigenvalue weighted by molar-refractivity contribution is 6.40. The summed E-state index contributed by atoms with van der Waals surface area (Å²) >= 11 is 0. The molecule has 1 unspecified atom stereocenters. The molecule has 1 amide bonds. The Labute approximate surface area is 294 Å². The summed E-state index contributed by atoms with van der Waals surface area (Å²) < 4.78 is 22.2. The molecule has 1 aliphatic heterocycles. The Kier molecular flexibility index (Phi) is 10.7. The maximum Gasteiger partial charge on any atom is 0.317 e. The number of allylic oxidation sites excluding steroid dienone is 1. The fraction of sp³-hybridized carbons (Fsp3) is 0.275. The molecule has 6 rings (SSSR count). The number of carbonyl (C=O) groups excluding carboxylic acids is 3. The molecule has 1 aliphatic rings. The molecule has 0 saturated heterocycles. The third-order valence-corrected chi connectivity index (χ3v) is 9.03. The molecule has 11 heteroatoms. The largest absolute Gasteiger partial charge is 0.481 e. The van der Waals surface area contributed by atoms with Gasteiger partial charge >= 0.3 is 11.9 Å². The lowest BCUT2D eigenvalue weighted by Gasteiger charge is -2.35. The third-order valence-electron chi connectivity index (χ3n) is 9.03. The number of Topliss-reactive ketones (excluding diaryl/α,β-unsaturated/α-hetero) is 1. The zero-order chi connectivity index (χ0) is 35.9. The maximum absolute atomic E-state index is 14.4. The van der Waals surface area contributed by atoms with E-state index in [1.165, 1.54) is 4.90 Å². The second kappa shape index (κ2) is 15.7. The summed E-state index contributed by atoms with van der Waals surface area (Å²) in [5.74, 6) is -4.43. The number of carbonyl (C=O) groups is 4. The minimum absolute atomic E-state index is 0.0281. The summed E-state index contributed by atoms with van der Waals surface area (Å²) in [6, 6.07) is 26.0. The third kappa shape index (κ3) is 8.09. The molecule has 262 valence electrons. The fourth-order valence-electron chi connectivity index (χ4n) is 6.34. The summed E-state index contributed by atoms with van der Waals surface area (Å²) in [6.07, 6.45) is 3.23. The van der Waals surface area contributed by atoms with Crippen LogP contribution in [0.2, 0.25) is 0 Å². The molecule has 0 spiro atoms. The van der Waals surface area contributed by atoms with Crippen LogP contribution < -0.4 is 9.47 Å². The molecule has 0 bridgehead atoms. The van der Waals surface area contributed by atoms with E-state index in [0.29, 0.717) is 29.4 Å². The second-order valence-electron chi connectivity index (χ2n) is 12.3. The standard InChI is InChI=1S/C40H38N2O9/c1-3-48-40(47)31(18-20-37(43)44)38(45)39(46)42(23-26-15-16-27-9-4-5-10-28(27)21-26)25(2)30(29-17-19-34-35(22-29)50-24-49-34)11-8-14-36-41-32-12-6-7-13-33(32)51-36/h4-10,12-17,19,21-22,25,30-31H,3,11,18,20,23-24H2,1-2H3,(H,43,44)/t25-,30+,31?/m1/s1. The predicted molar refractivity (Wildman–Crippen MR) is 189 cm³/mol. The van der Waals surface area contributed by atoms with Gasteiger partial charge in [0.2, 0.25) is 18.5 Å². The molecule has 4 aromatic carbocycles. The van der Waals surface area contributed by atoms with E-state index in [-0.39, 0.29) is 26.4 Å². The van der Waals surface area contributed by atoms with Gasteiger partial charge in [0, 0.05) is 24.9 Å². The molecule has 0 radical (unpaired) electrons. The number of amides is 1. The molecule has 51 heavy (non-hydrogen) atoms. The Hall–Kier alpha value is -5.97. The van der Waals surface area contributed by atoms with Crippen LogP contribution in [0.15, 0.2) is 95.4 Å². The highest BCUT2D eigenvalue weighted by Crippen LogP contribution is 2.38. The first-order valence-corrected chi connectivity index (χ1v) is 16.8. The Morgan fingerprint density at radius 1 is 0.941 bits per heavy atom. The van der Waals surface area contributed by atoms with Gasteiger partial charge in [-0.15, -0.1) is 0 Å². The van der Waals surface area contributed by atoms with E-state index in [0.717, 1.165) is 27.4 Å². The first-order valence-electron chi connectivity index (χ1n) is 16.8. The number of fused-ring (bicyclic) bond motifs is 3. The normalized spacial score (nSPS) is 14.0. The number of benzene rings is 4. The first-order chi connectivity index (χ1) is 24.7. The summed E-state index contributed by atoms with van der Waals surface area (Å²) in [5.41, 5.74) is 2.97. The average molecular weight is 691 g/mol. The maximum atomic E-state index is 14.4. The van der Waals surface area contributed by atoms with Gasteiger partial charge in [0.15, 0.2) is 17.1 Å². The van der Waals surface area contributed by atoms with Gasteiger partial charge in [0.05, 0.1) is 6.61 Å². The minimum Gasteiger partial charge on any atom is -0.481 e. The zero-order valence-electron chi connectivity index (χ0n) is 28.3. The molecule has 0 fully saturated rings. The number of carboxylic acids is 1. The van der Waals surface area contributed by atoms with Crippen molar-refractivity contribution in [3.05, 3.63) is 108 Å². The van der Waals surface area contributed by atoms with Gasteiger partial charge in [0.25, 0.3) is 5.91 Å². The van der Waals surface area contributed by atoms with E-state index in [2.05, 4.69) is 4.98 Å². The lowest BCUT2D eigenvalue weighted by atomic mass is 9.87. The number of nitrogens with zero attached hydrogens (tertiary/aromatic N) is 2. The topological polar surface area (TPSA) is 145 Å². The van der Waals surface area contributed by atoms with Crippen LogP contribution in [-0.2, 0) is 30.5 Å². The summed E-state index contributed by atoms with van der Waals surface area (Å²) in [6.45, 7) is 3.53. The SMILES string of the molecule is CCOC(=O)C(CCC(=O)O)C(=O)C(=O)N(Cc1ccc2ccccc2c1)[C@H](C)[C@H](CC=Cc1nc2ccccc2o1)c1ccc2c(c1)OCO2. The highest BCUT2D eigenvalue weighted by Gasteiger charge is 2.39. The lowest BCUT2D eigenvalue weighted by molar-refractivity contribution is -0.158. The molecule has 0 saturated carbocycles. The first kappa shape index (κ1) is 34.9. The van der Waals surface area contributed by atoms with E-state index in [4.69, 9.17) is 18.6 Å². The quantitative estimate of drug-likeness (QED) is 0.0697. The van der Waals surface area contributed by atoms with Crippen molar-refractivity contribution in [2.75, 3.05) is 13.4 Å². The Bertz CT molecular complexity index is 2070. The number of ketones is 1. The Morgan fingerprint density at radius 3 is 2.49 bits per heavy atom. The summed E-state index contributed by atoms with van der Waals surface area (Å²) in [7, 11) is 0. The van der Waals surface area contributed by atoms with Gasteiger partial charge in [0.1, 0.15) is 11.4 Å². The van der Waals surface area contributed by atoms with E-state index in [9.17, 15) is 24.3 Å². The Balaban J connectivity index is 1.38. The van der Waals surface area contributed by atoms with Gasteiger partial charge < -0.3 is 28.6 Å². The number of ether oxygens (including phenoxy) is 3. The minimum atomic E-state index is -1.57. The van der Waals surface area contributed by atoms with Crippen molar-refractivity contribution in [3.63, 3.8) is 0 Å². The van der Waals surface area contributed by atoms with Crippen LogP contribution in [0.5, 0.6) is 11.5 Å². The van der Waals surface area contributed by atoms with Gasteiger partial charge in [-0.1, -0.05) is 60.7 Å². The number of para-hydroxylation sites is 2. The van der Waals surface area contributed by atoms with Crippen molar-refractivity contribution in [3.8, 4) is 11.5 Å². The number of esters is 1. The lowest BCUT2D eigenvalue weighted by Crippen LogP contribution is -2.47. The van der Waals surface area contributed by atoms with Crippen LogP contribution >= 0.6 is 0 Å². The van der Waals surface area contributed by atoms with Crippen molar-refractivity contribution >= 4 is 51.6 Å². The predicted octanol–water partition coefficient (Wildman–Crippen LogP) is 6.93. The molecule has 5 aromatic rings. The molecule has 2 heterocycles. The van der Waals surface area contributed by atoms with Gasteiger partial charge in [-0.05, 0) is 85.0 Å². The number of oxazole rings is 1. The van der Waals surface area contributed by atoms with Crippen LogP contribution in [-0.4, -0.2) is 58.1 Å². The zero-order valence-corrected chi connectivity index (χ0v) is 28.3. The van der Waals surface area contributed by atoms with Crippen LogP contribution in [0, 0.1) is 5.92 Å². The van der Waals surface area contributed by atoms with E-state index >= 15 is 0 Å². The van der Waals surface area contributed by atoms with Crippen LogP contribution in [0.1, 0.15) is 56.0 Å². The number of hydrogen-bond donors (Lipinski definition) is 1. The van der Waals surface area contributed by atoms with Crippen LogP contribution in [0.3, 0.4) is 0 Å². The number of aromatic nitrogens is 1. The summed E-state index contributed by atoms with van der Waals surface area (Å²) in [4.78, 5) is 58.8. The van der Waals surface area contributed by atoms with Crippen molar-refractivity contribution in [1.29, 1.82) is 0 Å². The number of carboxylic acid groups (broad SMARTS) is 1. The van der Waals surface area contributed by atoms with Crippen LogP contribution in [0.4, 0.5) is 0 Å². The fourth-order valence-corrected chi connectivity index (χ4v) is 6.34. The van der Waals surface area contributed by atoms with Crippen LogP contribution in [0.25, 0.3) is 27.9 Å². The second-order valence-corrected chi connectivity index (χ2v) is 12.3. The summed E-state index contributed by atoms with van der Waals surface area (Å²) in [5, 5.41) is 11.3. The van der Waals surface area contributed by atoms with E-state index in [1.807, 2.05) is 97.9 Å². The highest BCUT2D eigenvalue weighted by atomic mass is 16.7. The number of hydrogen-bond acceptors (Lipinski definition) is 9. The monoisotopic (exact) mass is 690 g/mol. The number of aliphatic carboxylic acids is 1. The molecule has 3 atom stereocenters. The van der Waals surface area contributed by atoms with E-state index in [1.54, 1.807) is 13.0 Å². The Morgan fingerprint density at radius 2 is 1.71 bits per heavy atom. The van der Waals surface area contributed by atoms with Gasteiger partial charge in [-0.2, -0.15) is 0 Å². The average Bonchev–Trinajstić information content (AvgIpc) is 3.78.